The van der Waals surface area contributed by atoms with Crippen molar-refractivity contribution in [2.75, 3.05) is 12.4 Å². The van der Waals surface area contributed by atoms with E-state index in [1.807, 2.05) is 55.5 Å². The minimum Gasteiger partial charge on any atom is -0.494 e. The fraction of sp³-hybridized carbons (Fsp3) is 0.136. The molecule has 0 saturated heterocycles. The predicted octanol–water partition coefficient (Wildman–Crippen LogP) is 3.82. The maximum Gasteiger partial charge on any atom is 0.213 e. The van der Waals surface area contributed by atoms with Crippen molar-refractivity contribution in [3.8, 4) is 11.4 Å². The zero-order chi connectivity index (χ0) is 19.7. The molecule has 0 atom stereocenters. The molecular formula is C22H19N3O3. The van der Waals surface area contributed by atoms with Crippen LogP contribution in [0.1, 0.15) is 33.5 Å². The van der Waals surface area contributed by atoms with Crippen molar-refractivity contribution in [1.29, 1.82) is 0 Å². The highest BCUT2D eigenvalue weighted by Gasteiger charge is 2.34. The van der Waals surface area contributed by atoms with Crippen molar-refractivity contribution >= 4 is 17.3 Å². The fourth-order valence-electron chi connectivity index (χ4n) is 3.33. The number of nitrogens with one attached hydrogen (secondary N) is 1. The van der Waals surface area contributed by atoms with Crippen LogP contribution >= 0.6 is 0 Å². The normalized spacial score (nSPS) is 13.1. The first-order valence-corrected chi connectivity index (χ1v) is 9.02. The Hall–Kier alpha value is -3.67. The number of anilines is 1. The maximum atomic E-state index is 13.2. The van der Waals surface area contributed by atoms with Crippen LogP contribution in [0.25, 0.3) is 5.69 Å². The van der Waals surface area contributed by atoms with Gasteiger partial charge in [-0.2, -0.15) is 5.10 Å². The molecule has 4 rings (SSSR count). The van der Waals surface area contributed by atoms with E-state index < -0.39 is 0 Å². The summed E-state index contributed by atoms with van der Waals surface area (Å²) in [5.74, 6) is 0.0653. The van der Waals surface area contributed by atoms with Gasteiger partial charge in [0.25, 0.3) is 0 Å². The highest BCUT2D eigenvalue weighted by Crippen LogP contribution is 2.31. The number of carbonyl (C=O) groups is 2. The van der Waals surface area contributed by atoms with Crippen LogP contribution in [-0.4, -0.2) is 28.5 Å². The van der Waals surface area contributed by atoms with E-state index in [0.717, 1.165) is 5.69 Å². The third-order valence-electron chi connectivity index (χ3n) is 4.64. The lowest BCUT2D eigenvalue weighted by atomic mass is 9.95. The quantitative estimate of drug-likeness (QED) is 0.736. The van der Waals surface area contributed by atoms with Crippen LogP contribution in [0.2, 0.25) is 0 Å². The highest BCUT2D eigenvalue weighted by molar-refractivity contribution is 6.25. The molecule has 1 aliphatic carbocycles. The average molecular weight is 373 g/mol. The number of hydrogen-bond acceptors (Lipinski definition) is 5. The molecule has 140 valence electrons. The molecule has 0 bridgehead atoms. The van der Waals surface area contributed by atoms with E-state index in [-0.39, 0.29) is 23.0 Å². The number of para-hydroxylation sites is 3. The molecule has 3 aromatic rings. The molecule has 0 fully saturated rings. The Morgan fingerprint density at radius 3 is 2.46 bits per heavy atom. The molecular weight excluding hydrogens is 354 g/mol. The zero-order valence-corrected chi connectivity index (χ0v) is 15.6. The molecule has 0 unspecified atom stereocenters. The second-order valence-corrected chi connectivity index (χ2v) is 6.35. The lowest BCUT2D eigenvalue weighted by molar-refractivity contribution is 0.0981. The Morgan fingerprint density at radius 1 is 1.04 bits per heavy atom. The highest BCUT2D eigenvalue weighted by atomic mass is 16.5. The van der Waals surface area contributed by atoms with Gasteiger partial charge in [-0.15, -0.1) is 0 Å². The minimum atomic E-state index is -0.272. The number of nitrogens with zero attached hydrogens (tertiary/aromatic N) is 2. The number of Topliss-reactive ketones (excluding diaryl/α,β-unsaturated/α-hetero) is 1. The lowest BCUT2D eigenvalue weighted by Crippen LogP contribution is -2.23. The van der Waals surface area contributed by atoms with Gasteiger partial charge in [-0.1, -0.05) is 37.3 Å². The molecule has 6 heteroatoms. The van der Waals surface area contributed by atoms with Crippen molar-refractivity contribution in [3.63, 3.8) is 0 Å². The van der Waals surface area contributed by atoms with Crippen LogP contribution in [0.5, 0.6) is 5.75 Å². The SMILES string of the molecule is CCc1nn(-c2ccccc2OC)c2c1C(=O)C(Nc1ccccc1)=CC2=O. The number of aryl methyl sites for hydroxylation is 1. The number of hydrogen-bond donors (Lipinski definition) is 1. The Bertz CT molecular complexity index is 1100. The number of carbonyl (C=O) groups excluding carboxylic acids is 2. The van der Waals surface area contributed by atoms with E-state index in [1.165, 1.54) is 10.8 Å². The van der Waals surface area contributed by atoms with Gasteiger partial charge >= 0.3 is 0 Å². The first kappa shape index (κ1) is 17.7. The molecule has 0 spiro atoms. The lowest BCUT2D eigenvalue weighted by Gasteiger charge is -2.16. The molecule has 1 N–H and O–H groups in total. The number of allylic oxidation sites excluding steroid dienone is 2. The van der Waals surface area contributed by atoms with Gasteiger partial charge in [0.2, 0.25) is 11.6 Å². The van der Waals surface area contributed by atoms with Gasteiger partial charge in [0.05, 0.1) is 24.1 Å². The van der Waals surface area contributed by atoms with E-state index in [9.17, 15) is 9.59 Å². The third-order valence-corrected chi connectivity index (χ3v) is 4.64. The first-order chi connectivity index (χ1) is 13.6. The summed E-state index contributed by atoms with van der Waals surface area (Å²) in [7, 11) is 1.56. The second-order valence-electron chi connectivity index (χ2n) is 6.35. The Morgan fingerprint density at radius 2 is 1.75 bits per heavy atom. The van der Waals surface area contributed by atoms with E-state index in [4.69, 9.17) is 4.74 Å². The van der Waals surface area contributed by atoms with Crippen LogP contribution in [0.15, 0.2) is 66.4 Å². The molecule has 0 amide bonds. The van der Waals surface area contributed by atoms with Crippen LogP contribution in [0, 0.1) is 0 Å². The van der Waals surface area contributed by atoms with E-state index >= 15 is 0 Å². The van der Waals surface area contributed by atoms with Crippen LogP contribution in [0.3, 0.4) is 0 Å². The molecule has 0 radical (unpaired) electrons. The summed E-state index contributed by atoms with van der Waals surface area (Å²) in [6.45, 7) is 1.91. The van der Waals surface area contributed by atoms with Crippen LogP contribution in [0.4, 0.5) is 5.69 Å². The van der Waals surface area contributed by atoms with Gasteiger partial charge in [-0.3, -0.25) is 9.59 Å². The summed E-state index contributed by atoms with van der Waals surface area (Å²) in [5.41, 5.74) is 2.81. The molecule has 0 saturated carbocycles. The molecule has 1 heterocycles. The monoisotopic (exact) mass is 373 g/mol. The first-order valence-electron chi connectivity index (χ1n) is 9.02. The Kier molecular flexibility index (Phi) is 4.53. The van der Waals surface area contributed by atoms with Crippen LogP contribution < -0.4 is 10.1 Å². The van der Waals surface area contributed by atoms with E-state index in [2.05, 4.69) is 10.4 Å². The summed E-state index contributed by atoms with van der Waals surface area (Å²) >= 11 is 0. The molecule has 2 aromatic carbocycles. The molecule has 0 aliphatic heterocycles. The standard InChI is InChI=1S/C22H19N3O3/c1-3-15-20-21(25(24-15)17-11-7-8-12-19(17)28-2)18(26)13-16(22(20)27)23-14-9-5-4-6-10-14/h4-13,23H,3H2,1-2H3. The Labute approximate surface area is 162 Å². The third kappa shape index (κ3) is 2.89. The zero-order valence-electron chi connectivity index (χ0n) is 15.6. The summed E-state index contributed by atoms with van der Waals surface area (Å²) in [5, 5.41) is 7.62. The summed E-state index contributed by atoms with van der Waals surface area (Å²) < 4.78 is 6.93. The number of ketones is 2. The minimum absolute atomic E-state index is 0.239. The molecule has 28 heavy (non-hydrogen) atoms. The largest absolute Gasteiger partial charge is 0.494 e. The van der Waals surface area contributed by atoms with Crippen molar-refractivity contribution in [3.05, 3.63) is 83.3 Å². The van der Waals surface area contributed by atoms with Crippen molar-refractivity contribution in [1.82, 2.24) is 9.78 Å². The average Bonchev–Trinajstić information content (AvgIpc) is 3.13. The van der Waals surface area contributed by atoms with E-state index in [1.54, 1.807) is 13.2 Å². The fourth-order valence-corrected chi connectivity index (χ4v) is 3.33. The summed E-state index contributed by atoms with van der Waals surface area (Å²) in [6.07, 6.45) is 1.87. The van der Waals surface area contributed by atoms with E-state index in [0.29, 0.717) is 29.1 Å². The van der Waals surface area contributed by atoms with Gasteiger partial charge < -0.3 is 10.1 Å². The van der Waals surface area contributed by atoms with Gasteiger partial charge in [0.15, 0.2) is 0 Å². The smallest absolute Gasteiger partial charge is 0.213 e. The predicted molar refractivity (Wildman–Crippen MR) is 106 cm³/mol. The number of methoxy groups -OCH3 is 1. The van der Waals surface area contributed by atoms with Crippen molar-refractivity contribution < 1.29 is 14.3 Å². The number of aromatic nitrogens is 2. The van der Waals surface area contributed by atoms with Crippen molar-refractivity contribution in [2.24, 2.45) is 0 Å². The Balaban J connectivity index is 1.83. The number of fused-ring (bicyclic) bond motifs is 1. The topological polar surface area (TPSA) is 73.2 Å². The van der Waals surface area contributed by atoms with Crippen molar-refractivity contribution in [2.45, 2.75) is 13.3 Å². The number of ether oxygens (including phenoxy) is 1. The van der Waals surface area contributed by atoms with Gasteiger partial charge in [-0.05, 0) is 30.7 Å². The van der Waals surface area contributed by atoms with Gasteiger partial charge in [0.1, 0.15) is 17.1 Å². The van der Waals surface area contributed by atoms with Gasteiger partial charge in [-0.25, -0.2) is 4.68 Å². The molecule has 1 aliphatic rings. The van der Waals surface area contributed by atoms with Crippen LogP contribution in [-0.2, 0) is 6.42 Å². The second kappa shape index (κ2) is 7.15. The summed E-state index contributed by atoms with van der Waals surface area (Å²) in [6, 6.07) is 16.6. The maximum absolute atomic E-state index is 13.2. The van der Waals surface area contributed by atoms with Gasteiger partial charge in [0, 0.05) is 11.8 Å². The number of benzene rings is 2. The number of rotatable bonds is 5. The molecule has 1 aromatic heterocycles. The summed E-state index contributed by atoms with van der Waals surface area (Å²) in [4.78, 5) is 26.2. The molecule has 6 nitrogen and oxygen atoms in total.